The lowest BCUT2D eigenvalue weighted by molar-refractivity contribution is -0.384. The van der Waals surface area contributed by atoms with E-state index in [0.29, 0.717) is 17.1 Å². The van der Waals surface area contributed by atoms with Crippen LogP contribution in [0.15, 0.2) is 65.3 Å². The number of rotatable bonds is 6. The fourth-order valence-corrected chi connectivity index (χ4v) is 2.92. The smallest absolute Gasteiger partial charge is 0.278 e. The van der Waals surface area contributed by atoms with Gasteiger partial charge in [0.05, 0.1) is 4.92 Å². The molecule has 31 heavy (non-hydrogen) atoms. The van der Waals surface area contributed by atoms with Crippen molar-refractivity contribution in [1.29, 1.82) is 0 Å². The van der Waals surface area contributed by atoms with Crippen molar-refractivity contribution in [3.05, 3.63) is 76.5 Å². The molecule has 0 radical (unpaired) electrons. The average Bonchev–Trinajstić information content (AvgIpc) is 3.42. The second-order valence-corrected chi connectivity index (χ2v) is 8.02. The Morgan fingerprint density at radius 1 is 1.06 bits per heavy atom. The predicted octanol–water partition coefficient (Wildman–Crippen LogP) is 4.84. The predicted molar refractivity (Wildman–Crippen MR) is 113 cm³/mol. The van der Waals surface area contributed by atoms with Crippen molar-refractivity contribution >= 4 is 5.69 Å². The molecule has 4 rings (SSSR count). The van der Waals surface area contributed by atoms with E-state index in [0.717, 1.165) is 5.75 Å². The number of non-ortho nitro benzene ring substituents is 1. The van der Waals surface area contributed by atoms with Gasteiger partial charge in [0.1, 0.15) is 5.75 Å². The molecule has 0 saturated carbocycles. The van der Waals surface area contributed by atoms with Crippen LogP contribution in [0.3, 0.4) is 0 Å². The molecule has 0 aliphatic heterocycles. The Labute approximate surface area is 178 Å². The van der Waals surface area contributed by atoms with Gasteiger partial charge in [-0.2, -0.15) is 10.1 Å². The first-order chi connectivity index (χ1) is 14.8. The number of nitro benzene ring substituents is 1. The summed E-state index contributed by atoms with van der Waals surface area (Å²) in [6, 6.07) is 15.7. The lowest BCUT2D eigenvalue weighted by Gasteiger charge is -2.19. The number of hydrogen-bond acceptors (Lipinski definition) is 7. The van der Waals surface area contributed by atoms with E-state index in [1.54, 1.807) is 29.1 Å². The third kappa shape index (κ3) is 4.61. The molecular formula is C22H21N5O4. The zero-order chi connectivity index (χ0) is 22.0. The van der Waals surface area contributed by atoms with Crippen molar-refractivity contribution in [3.63, 3.8) is 0 Å². The summed E-state index contributed by atoms with van der Waals surface area (Å²) in [6.45, 7) is 6.73. The van der Waals surface area contributed by atoms with Gasteiger partial charge in [-0.05, 0) is 41.3 Å². The molecule has 9 heteroatoms. The maximum atomic E-state index is 10.8. The molecule has 0 spiro atoms. The monoisotopic (exact) mass is 419 g/mol. The van der Waals surface area contributed by atoms with Gasteiger partial charge < -0.3 is 9.26 Å². The number of benzene rings is 2. The molecule has 9 nitrogen and oxygen atoms in total. The van der Waals surface area contributed by atoms with Gasteiger partial charge in [-0.3, -0.25) is 10.1 Å². The van der Waals surface area contributed by atoms with E-state index in [9.17, 15) is 10.1 Å². The van der Waals surface area contributed by atoms with Crippen LogP contribution < -0.4 is 4.74 Å². The highest BCUT2D eigenvalue weighted by Crippen LogP contribution is 2.25. The van der Waals surface area contributed by atoms with Crippen LogP contribution in [-0.2, 0) is 12.1 Å². The van der Waals surface area contributed by atoms with Gasteiger partial charge >= 0.3 is 0 Å². The van der Waals surface area contributed by atoms with E-state index in [4.69, 9.17) is 9.26 Å². The number of aromatic nitrogens is 4. The molecule has 0 aliphatic rings. The lowest BCUT2D eigenvalue weighted by atomic mass is 9.87. The summed E-state index contributed by atoms with van der Waals surface area (Å²) in [5.41, 5.74) is 2.45. The van der Waals surface area contributed by atoms with Crippen molar-refractivity contribution in [1.82, 2.24) is 19.9 Å². The fraction of sp³-hybridized carbons (Fsp3) is 0.227. The van der Waals surface area contributed by atoms with Gasteiger partial charge in [0.25, 0.3) is 11.6 Å². The van der Waals surface area contributed by atoms with E-state index >= 15 is 0 Å². The second kappa shape index (κ2) is 8.02. The van der Waals surface area contributed by atoms with Crippen LogP contribution in [0, 0.1) is 10.1 Å². The first-order valence-electron chi connectivity index (χ1n) is 9.65. The molecular weight excluding hydrogens is 398 g/mol. The minimum absolute atomic E-state index is 0.000687. The van der Waals surface area contributed by atoms with Crippen LogP contribution in [0.4, 0.5) is 5.69 Å². The first kappa shape index (κ1) is 20.3. The molecule has 158 valence electrons. The van der Waals surface area contributed by atoms with Crippen LogP contribution in [0.5, 0.6) is 5.75 Å². The Morgan fingerprint density at radius 2 is 1.77 bits per heavy atom. The minimum Gasteiger partial charge on any atom is -0.471 e. The van der Waals surface area contributed by atoms with Gasteiger partial charge in [-0.1, -0.05) is 38.1 Å². The van der Waals surface area contributed by atoms with Gasteiger partial charge in [-0.15, -0.1) is 0 Å². The van der Waals surface area contributed by atoms with Gasteiger partial charge in [0.15, 0.2) is 12.4 Å². The number of nitrogens with zero attached hydrogens (tertiary/aromatic N) is 5. The largest absolute Gasteiger partial charge is 0.471 e. The van der Waals surface area contributed by atoms with Crippen LogP contribution in [-0.4, -0.2) is 24.8 Å². The molecule has 0 atom stereocenters. The van der Waals surface area contributed by atoms with E-state index < -0.39 is 4.92 Å². The van der Waals surface area contributed by atoms with Crippen molar-refractivity contribution in [2.24, 2.45) is 0 Å². The lowest BCUT2D eigenvalue weighted by Crippen LogP contribution is -2.11. The molecule has 4 aromatic rings. The molecule has 0 N–H and O–H groups in total. The normalized spacial score (nSPS) is 11.5. The summed E-state index contributed by atoms with van der Waals surface area (Å²) < 4.78 is 12.7. The molecule has 0 bridgehead atoms. The van der Waals surface area contributed by atoms with Crippen LogP contribution >= 0.6 is 0 Å². The van der Waals surface area contributed by atoms with E-state index in [-0.39, 0.29) is 23.7 Å². The van der Waals surface area contributed by atoms with Crippen molar-refractivity contribution in [2.75, 3.05) is 0 Å². The Bertz CT molecular complexity index is 1190. The van der Waals surface area contributed by atoms with Gasteiger partial charge in [-0.25, -0.2) is 4.68 Å². The van der Waals surface area contributed by atoms with Crippen molar-refractivity contribution in [2.45, 2.75) is 32.9 Å². The molecule has 2 heterocycles. The molecule has 2 aromatic carbocycles. The molecule has 0 amide bonds. The zero-order valence-electron chi connectivity index (χ0n) is 17.3. The van der Waals surface area contributed by atoms with Gasteiger partial charge in [0, 0.05) is 23.9 Å². The summed E-state index contributed by atoms with van der Waals surface area (Å²) in [7, 11) is 0. The molecule has 0 unspecified atom stereocenters. The summed E-state index contributed by atoms with van der Waals surface area (Å²) in [4.78, 5) is 14.6. The summed E-state index contributed by atoms with van der Waals surface area (Å²) in [6.07, 6.45) is 1.76. The van der Waals surface area contributed by atoms with Crippen molar-refractivity contribution < 1.29 is 14.2 Å². The standard InChI is InChI=1S/C22H21N5O4/c1-22(2,3)16-6-10-18(11-7-16)30-14-26-13-12-19(24-26)21-23-20(25-31-21)15-4-8-17(9-5-15)27(28)29/h4-13H,14H2,1-3H3. The van der Waals surface area contributed by atoms with E-state index in [1.165, 1.54) is 17.7 Å². The summed E-state index contributed by atoms with van der Waals surface area (Å²) in [5, 5.41) is 19.1. The summed E-state index contributed by atoms with van der Waals surface area (Å²) >= 11 is 0. The number of nitro groups is 1. The van der Waals surface area contributed by atoms with E-state index in [1.807, 2.05) is 12.1 Å². The van der Waals surface area contributed by atoms with Crippen LogP contribution in [0.25, 0.3) is 23.0 Å². The number of ether oxygens (including phenoxy) is 1. The maximum absolute atomic E-state index is 10.8. The Morgan fingerprint density at radius 3 is 2.42 bits per heavy atom. The van der Waals surface area contributed by atoms with E-state index in [2.05, 4.69) is 48.1 Å². The SMILES string of the molecule is CC(C)(C)c1ccc(OCn2ccc(-c3nc(-c4ccc([N+](=O)[O-])cc4)no3)n2)cc1. The highest BCUT2D eigenvalue weighted by atomic mass is 16.6. The highest BCUT2D eigenvalue weighted by Gasteiger charge is 2.15. The summed E-state index contributed by atoms with van der Waals surface area (Å²) in [5.74, 6) is 1.33. The third-order valence-corrected chi connectivity index (χ3v) is 4.71. The second-order valence-electron chi connectivity index (χ2n) is 8.02. The Balaban J connectivity index is 1.41. The maximum Gasteiger partial charge on any atom is 0.278 e. The van der Waals surface area contributed by atoms with Crippen LogP contribution in [0.2, 0.25) is 0 Å². The van der Waals surface area contributed by atoms with Crippen LogP contribution in [0.1, 0.15) is 26.3 Å². The minimum atomic E-state index is -0.459. The third-order valence-electron chi connectivity index (χ3n) is 4.71. The quantitative estimate of drug-likeness (QED) is 0.325. The Kier molecular flexibility index (Phi) is 5.24. The first-order valence-corrected chi connectivity index (χ1v) is 9.65. The topological polar surface area (TPSA) is 109 Å². The molecule has 0 saturated heterocycles. The Hall–Kier alpha value is -4.01. The number of hydrogen-bond donors (Lipinski definition) is 0. The average molecular weight is 419 g/mol. The molecule has 0 fully saturated rings. The zero-order valence-corrected chi connectivity index (χ0v) is 17.3. The van der Waals surface area contributed by atoms with Crippen molar-refractivity contribution in [3.8, 4) is 28.7 Å². The highest BCUT2D eigenvalue weighted by molar-refractivity contribution is 5.59. The molecule has 0 aliphatic carbocycles. The van der Waals surface area contributed by atoms with Gasteiger partial charge in [0.2, 0.25) is 5.82 Å². The fourth-order valence-electron chi connectivity index (χ4n) is 2.92. The molecule has 2 aromatic heterocycles.